The number of rotatable bonds is 6. The van der Waals surface area contributed by atoms with E-state index < -0.39 is 0 Å². The van der Waals surface area contributed by atoms with Crippen molar-refractivity contribution in [2.75, 3.05) is 20.5 Å². The van der Waals surface area contributed by atoms with Gasteiger partial charge in [0.1, 0.15) is 17.3 Å². The van der Waals surface area contributed by atoms with E-state index in [1.165, 1.54) is 25.8 Å². The molecule has 0 aliphatic carbocycles. The fourth-order valence-electron chi connectivity index (χ4n) is 1.57. The molecule has 0 spiro atoms. The highest BCUT2D eigenvalue weighted by atomic mass is 32.2. The average molecular weight is 268 g/mol. The van der Waals surface area contributed by atoms with Crippen LogP contribution in [0.25, 0.3) is 0 Å². The van der Waals surface area contributed by atoms with Crippen molar-refractivity contribution in [1.82, 2.24) is 0 Å². The highest BCUT2D eigenvalue weighted by molar-refractivity contribution is 7.98. The predicted octanol–water partition coefficient (Wildman–Crippen LogP) is 2.59. The lowest BCUT2D eigenvalue weighted by Crippen LogP contribution is -2.07. The number of carbonyl (C=O) groups excluding carboxylic acids is 2. The third-order valence-corrected chi connectivity index (χ3v) is 3.17. The van der Waals surface area contributed by atoms with E-state index in [9.17, 15) is 9.59 Å². The van der Waals surface area contributed by atoms with Gasteiger partial charge in [-0.15, -0.1) is 11.8 Å². The number of hydrogen-bond acceptors (Lipinski definition) is 5. The lowest BCUT2D eigenvalue weighted by atomic mass is 10.0. The zero-order chi connectivity index (χ0) is 13.7. The van der Waals surface area contributed by atoms with E-state index in [0.29, 0.717) is 17.1 Å². The van der Waals surface area contributed by atoms with Crippen molar-refractivity contribution in [3.05, 3.63) is 17.7 Å². The molecule has 0 aliphatic heterocycles. The van der Waals surface area contributed by atoms with Crippen LogP contribution in [0.15, 0.2) is 17.0 Å². The highest BCUT2D eigenvalue weighted by Gasteiger charge is 2.17. The number of hydrogen-bond donors (Lipinski definition) is 0. The average Bonchev–Trinajstić information content (AvgIpc) is 2.36. The molecule has 4 nitrogen and oxygen atoms in total. The summed E-state index contributed by atoms with van der Waals surface area (Å²) in [5, 5.41) is 0. The zero-order valence-electron chi connectivity index (χ0n) is 10.9. The second kappa shape index (κ2) is 6.44. The number of methoxy groups -OCH3 is 2. The van der Waals surface area contributed by atoms with E-state index in [0.717, 1.165) is 4.90 Å². The molecule has 0 fully saturated rings. The van der Waals surface area contributed by atoms with E-state index in [-0.39, 0.29) is 18.0 Å². The molecule has 0 aliphatic rings. The molecule has 1 aromatic carbocycles. The second-order valence-electron chi connectivity index (χ2n) is 3.71. The molecule has 0 amide bonds. The van der Waals surface area contributed by atoms with Gasteiger partial charge < -0.3 is 9.47 Å². The van der Waals surface area contributed by atoms with E-state index in [1.807, 2.05) is 6.26 Å². The SMILES string of the molecule is COc1cc(C(=O)CC(C)=O)c(OC)cc1SC. The summed E-state index contributed by atoms with van der Waals surface area (Å²) in [6, 6.07) is 3.37. The van der Waals surface area contributed by atoms with E-state index in [1.54, 1.807) is 19.2 Å². The van der Waals surface area contributed by atoms with Crippen molar-refractivity contribution >= 4 is 23.3 Å². The molecule has 0 heterocycles. The van der Waals surface area contributed by atoms with Gasteiger partial charge in [0.15, 0.2) is 5.78 Å². The fourth-order valence-corrected chi connectivity index (χ4v) is 2.14. The van der Waals surface area contributed by atoms with Crippen molar-refractivity contribution in [2.45, 2.75) is 18.2 Å². The molecule has 0 aromatic heterocycles. The molecule has 1 aromatic rings. The Morgan fingerprint density at radius 2 is 1.78 bits per heavy atom. The van der Waals surface area contributed by atoms with Gasteiger partial charge in [-0.1, -0.05) is 0 Å². The summed E-state index contributed by atoms with van der Waals surface area (Å²) in [5.74, 6) is 0.641. The van der Waals surface area contributed by atoms with Gasteiger partial charge in [0, 0.05) is 0 Å². The number of thioether (sulfide) groups is 1. The van der Waals surface area contributed by atoms with Crippen LogP contribution in [0.3, 0.4) is 0 Å². The molecule has 0 unspecified atom stereocenters. The lowest BCUT2D eigenvalue weighted by molar-refractivity contribution is -0.116. The van der Waals surface area contributed by atoms with Gasteiger partial charge in [-0.05, 0) is 25.3 Å². The second-order valence-corrected chi connectivity index (χ2v) is 4.56. The van der Waals surface area contributed by atoms with Gasteiger partial charge in [-0.2, -0.15) is 0 Å². The van der Waals surface area contributed by atoms with Crippen molar-refractivity contribution in [1.29, 1.82) is 0 Å². The highest BCUT2D eigenvalue weighted by Crippen LogP contribution is 2.35. The molecule has 0 saturated carbocycles. The first-order valence-corrected chi connectivity index (χ1v) is 6.58. The standard InChI is InChI=1S/C13H16O4S/c1-8(14)5-10(15)9-6-12(17-3)13(18-4)7-11(9)16-2/h6-7H,5H2,1-4H3. The molecule has 18 heavy (non-hydrogen) atoms. The van der Waals surface area contributed by atoms with Crippen LogP contribution in [0.2, 0.25) is 0 Å². The summed E-state index contributed by atoms with van der Waals surface area (Å²) >= 11 is 1.50. The molecule has 0 saturated heterocycles. The Bertz CT molecular complexity index is 468. The summed E-state index contributed by atoms with van der Waals surface area (Å²) in [7, 11) is 3.04. The van der Waals surface area contributed by atoms with Crippen LogP contribution in [-0.2, 0) is 4.79 Å². The minimum atomic E-state index is -0.259. The molecule has 0 N–H and O–H groups in total. The molecule has 0 radical (unpaired) electrons. The van der Waals surface area contributed by atoms with Crippen LogP contribution in [0.4, 0.5) is 0 Å². The van der Waals surface area contributed by atoms with Gasteiger partial charge in [-0.25, -0.2) is 0 Å². The first-order valence-electron chi connectivity index (χ1n) is 5.36. The summed E-state index contributed by atoms with van der Waals surface area (Å²) in [5.41, 5.74) is 0.377. The third kappa shape index (κ3) is 3.26. The summed E-state index contributed by atoms with van der Waals surface area (Å²) in [6.45, 7) is 1.39. The Balaban J connectivity index is 3.24. The van der Waals surface area contributed by atoms with Crippen LogP contribution in [0, 0.1) is 0 Å². The van der Waals surface area contributed by atoms with Crippen LogP contribution in [0.1, 0.15) is 23.7 Å². The fraction of sp³-hybridized carbons (Fsp3) is 0.385. The maximum atomic E-state index is 11.9. The number of ether oxygens (including phenoxy) is 2. The van der Waals surface area contributed by atoms with E-state index in [4.69, 9.17) is 9.47 Å². The largest absolute Gasteiger partial charge is 0.496 e. The molecule has 1 rings (SSSR count). The van der Waals surface area contributed by atoms with Gasteiger partial charge in [0.05, 0.1) is 31.1 Å². The Morgan fingerprint density at radius 3 is 2.22 bits per heavy atom. The zero-order valence-corrected chi connectivity index (χ0v) is 11.7. The number of Topliss-reactive ketones (excluding diaryl/α,β-unsaturated/α-hetero) is 2. The summed E-state index contributed by atoms with van der Waals surface area (Å²) in [4.78, 5) is 23.8. The molecular weight excluding hydrogens is 252 g/mol. The van der Waals surface area contributed by atoms with Gasteiger partial charge >= 0.3 is 0 Å². The van der Waals surface area contributed by atoms with Crippen LogP contribution >= 0.6 is 11.8 Å². The van der Waals surface area contributed by atoms with E-state index >= 15 is 0 Å². The third-order valence-electron chi connectivity index (χ3n) is 2.42. The van der Waals surface area contributed by atoms with Crippen molar-refractivity contribution in [3.63, 3.8) is 0 Å². The van der Waals surface area contributed by atoms with Crippen molar-refractivity contribution in [2.24, 2.45) is 0 Å². The number of benzene rings is 1. The number of ketones is 2. The minimum Gasteiger partial charge on any atom is -0.496 e. The summed E-state index contributed by atoms with van der Waals surface area (Å²) in [6.07, 6.45) is 1.78. The predicted molar refractivity (Wildman–Crippen MR) is 71.0 cm³/mol. The maximum Gasteiger partial charge on any atom is 0.174 e. The lowest BCUT2D eigenvalue weighted by Gasteiger charge is -2.12. The Morgan fingerprint density at radius 1 is 1.17 bits per heavy atom. The Kier molecular flexibility index (Phi) is 5.22. The van der Waals surface area contributed by atoms with Gasteiger partial charge in [0.25, 0.3) is 0 Å². The molecular formula is C13H16O4S. The first kappa shape index (κ1) is 14.6. The van der Waals surface area contributed by atoms with Crippen LogP contribution < -0.4 is 9.47 Å². The van der Waals surface area contributed by atoms with Crippen LogP contribution in [0.5, 0.6) is 11.5 Å². The first-order chi connectivity index (χ1) is 8.53. The van der Waals surface area contributed by atoms with Crippen molar-refractivity contribution in [3.8, 4) is 11.5 Å². The van der Waals surface area contributed by atoms with Crippen molar-refractivity contribution < 1.29 is 19.1 Å². The molecule has 0 bridgehead atoms. The van der Waals surface area contributed by atoms with E-state index in [2.05, 4.69) is 0 Å². The topological polar surface area (TPSA) is 52.6 Å². The quantitative estimate of drug-likeness (QED) is 0.451. The van der Waals surface area contributed by atoms with Crippen LogP contribution in [-0.4, -0.2) is 32.0 Å². The maximum absolute atomic E-state index is 11.9. The Hall–Kier alpha value is -1.49. The molecule has 5 heteroatoms. The normalized spacial score (nSPS) is 10.0. The molecule has 0 atom stereocenters. The van der Waals surface area contributed by atoms with Gasteiger partial charge in [0.2, 0.25) is 0 Å². The molecule has 98 valence electrons. The Labute approximate surface area is 111 Å². The summed E-state index contributed by atoms with van der Waals surface area (Å²) < 4.78 is 10.4. The van der Waals surface area contributed by atoms with Gasteiger partial charge in [-0.3, -0.25) is 9.59 Å². The minimum absolute atomic E-state index is 0.127. The monoisotopic (exact) mass is 268 g/mol. The smallest absolute Gasteiger partial charge is 0.174 e. The number of carbonyl (C=O) groups is 2.